The van der Waals surface area contributed by atoms with Crippen LogP contribution in [-0.4, -0.2) is 85.5 Å². The number of fused-ring (bicyclic) bond motifs is 1. The Bertz CT molecular complexity index is 890. The van der Waals surface area contributed by atoms with Gasteiger partial charge in [-0.15, -0.1) is 0 Å². The standard InChI is InChI=1S/C19H30N4O5S/c1-13-15(14(2)28-20-13)6-7-17(24)23-10-8-16-19(12-23,18(25)21(3)4)9-11-29(26,27)22(16)5/h16H,6-12H2,1-5H3/t16-,19+/m1/s1. The zero-order valence-corrected chi connectivity index (χ0v) is 18.6. The van der Waals surface area contributed by atoms with Crippen LogP contribution < -0.4 is 0 Å². The maximum absolute atomic E-state index is 13.2. The number of sulfonamides is 1. The molecule has 1 aromatic heterocycles. The molecule has 2 saturated heterocycles. The monoisotopic (exact) mass is 426 g/mol. The molecule has 9 nitrogen and oxygen atoms in total. The van der Waals surface area contributed by atoms with Crippen molar-refractivity contribution >= 4 is 21.8 Å². The van der Waals surface area contributed by atoms with E-state index in [0.717, 1.165) is 11.3 Å². The van der Waals surface area contributed by atoms with Crippen LogP contribution in [0.5, 0.6) is 0 Å². The molecule has 2 aliphatic heterocycles. The van der Waals surface area contributed by atoms with Gasteiger partial charge in [0.2, 0.25) is 21.8 Å². The van der Waals surface area contributed by atoms with Gasteiger partial charge in [0.1, 0.15) is 5.76 Å². The molecule has 0 spiro atoms. The molecule has 2 aliphatic rings. The van der Waals surface area contributed by atoms with Gasteiger partial charge in [-0.1, -0.05) is 5.16 Å². The van der Waals surface area contributed by atoms with Gasteiger partial charge in [0, 0.05) is 52.3 Å². The minimum atomic E-state index is -3.37. The largest absolute Gasteiger partial charge is 0.361 e. The van der Waals surface area contributed by atoms with E-state index in [1.54, 1.807) is 26.0 Å². The number of aryl methyl sites for hydroxylation is 2. The van der Waals surface area contributed by atoms with Gasteiger partial charge < -0.3 is 14.3 Å². The number of hydrogen-bond donors (Lipinski definition) is 0. The lowest BCUT2D eigenvalue weighted by atomic mass is 9.72. The number of likely N-dealkylation sites (tertiary alicyclic amines) is 1. The Labute approximate surface area is 172 Å². The Kier molecular flexibility index (Phi) is 5.79. The summed E-state index contributed by atoms with van der Waals surface area (Å²) in [6.45, 7) is 4.36. The van der Waals surface area contributed by atoms with Crippen LogP contribution in [0.2, 0.25) is 0 Å². The molecular weight excluding hydrogens is 396 g/mol. The highest BCUT2D eigenvalue weighted by Crippen LogP contribution is 2.43. The average molecular weight is 427 g/mol. The Morgan fingerprint density at radius 2 is 2.00 bits per heavy atom. The molecule has 0 radical (unpaired) electrons. The quantitative estimate of drug-likeness (QED) is 0.697. The summed E-state index contributed by atoms with van der Waals surface area (Å²) in [5, 5.41) is 3.92. The van der Waals surface area contributed by atoms with E-state index >= 15 is 0 Å². The molecule has 1 aromatic rings. The molecule has 0 bridgehead atoms. The first kappa shape index (κ1) is 21.8. The van der Waals surface area contributed by atoms with Crippen LogP contribution in [0.25, 0.3) is 0 Å². The Hall–Kier alpha value is -1.94. The van der Waals surface area contributed by atoms with Gasteiger partial charge in [-0.25, -0.2) is 12.7 Å². The molecule has 29 heavy (non-hydrogen) atoms. The first-order chi connectivity index (χ1) is 13.5. The third-order valence-corrected chi connectivity index (χ3v) is 8.27. The van der Waals surface area contributed by atoms with Crippen molar-refractivity contribution < 1.29 is 22.5 Å². The molecule has 162 valence electrons. The van der Waals surface area contributed by atoms with Crippen LogP contribution in [0.15, 0.2) is 4.52 Å². The topological polar surface area (TPSA) is 104 Å². The lowest BCUT2D eigenvalue weighted by molar-refractivity contribution is -0.152. The van der Waals surface area contributed by atoms with Crippen molar-refractivity contribution in [2.75, 3.05) is 40.0 Å². The predicted octanol–water partition coefficient (Wildman–Crippen LogP) is 0.565. The summed E-state index contributed by atoms with van der Waals surface area (Å²) in [4.78, 5) is 29.3. The summed E-state index contributed by atoms with van der Waals surface area (Å²) in [5.74, 6) is 0.478. The Balaban J connectivity index is 1.80. The van der Waals surface area contributed by atoms with E-state index in [0.29, 0.717) is 31.6 Å². The number of rotatable bonds is 4. The molecule has 3 heterocycles. The molecule has 3 rings (SSSR count). The minimum Gasteiger partial charge on any atom is -0.361 e. The smallest absolute Gasteiger partial charge is 0.231 e. The fourth-order valence-corrected chi connectivity index (χ4v) is 6.33. The van der Waals surface area contributed by atoms with Crippen molar-refractivity contribution in [1.29, 1.82) is 0 Å². The molecule has 0 aliphatic carbocycles. The van der Waals surface area contributed by atoms with Crippen molar-refractivity contribution in [3.8, 4) is 0 Å². The minimum absolute atomic E-state index is 0.0366. The zero-order valence-electron chi connectivity index (χ0n) is 17.8. The second-order valence-corrected chi connectivity index (χ2v) is 10.5. The lowest BCUT2D eigenvalue weighted by Gasteiger charge is -2.53. The molecule has 0 saturated carbocycles. The Morgan fingerprint density at radius 1 is 1.31 bits per heavy atom. The molecule has 2 fully saturated rings. The van der Waals surface area contributed by atoms with E-state index < -0.39 is 21.5 Å². The highest BCUT2D eigenvalue weighted by Gasteiger charge is 2.57. The molecule has 0 aromatic carbocycles. The highest BCUT2D eigenvalue weighted by molar-refractivity contribution is 7.89. The fourth-order valence-electron chi connectivity index (χ4n) is 4.73. The van der Waals surface area contributed by atoms with Crippen LogP contribution in [0.1, 0.15) is 36.3 Å². The van der Waals surface area contributed by atoms with E-state index in [4.69, 9.17) is 4.52 Å². The summed E-state index contributed by atoms with van der Waals surface area (Å²) in [7, 11) is 1.53. The first-order valence-corrected chi connectivity index (χ1v) is 11.5. The Morgan fingerprint density at radius 3 is 2.59 bits per heavy atom. The van der Waals surface area contributed by atoms with Crippen LogP contribution in [0, 0.1) is 19.3 Å². The van der Waals surface area contributed by atoms with Crippen molar-refractivity contribution in [3.63, 3.8) is 0 Å². The van der Waals surface area contributed by atoms with E-state index in [1.807, 2.05) is 13.8 Å². The van der Waals surface area contributed by atoms with Gasteiger partial charge in [0.25, 0.3) is 0 Å². The number of piperidine rings is 1. The third kappa shape index (κ3) is 3.79. The molecule has 2 amide bonds. The third-order valence-electron chi connectivity index (χ3n) is 6.42. The van der Waals surface area contributed by atoms with Gasteiger partial charge in [0.05, 0.1) is 16.9 Å². The van der Waals surface area contributed by atoms with Crippen LogP contribution in [0.4, 0.5) is 0 Å². The number of carbonyl (C=O) groups excluding carboxylic acids is 2. The predicted molar refractivity (Wildman–Crippen MR) is 107 cm³/mol. The number of amides is 2. The highest BCUT2D eigenvalue weighted by atomic mass is 32.2. The molecule has 2 atom stereocenters. The average Bonchev–Trinajstić information content (AvgIpc) is 2.99. The van der Waals surface area contributed by atoms with Gasteiger partial charge in [-0.3, -0.25) is 9.59 Å². The second-order valence-electron chi connectivity index (χ2n) is 8.36. The normalized spacial score (nSPS) is 26.8. The summed E-state index contributed by atoms with van der Waals surface area (Å²) in [6.07, 6.45) is 1.51. The maximum atomic E-state index is 13.2. The molecule has 0 unspecified atom stereocenters. The molecule has 10 heteroatoms. The second kappa shape index (κ2) is 7.71. The fraction of sp³-hybridized carbons (Fsp3) is 0.737. The van der Waals surface area contributed by atoms with E-state index in [1.165, 1.54) is 9.21 Å². The van der Waals surface area contributed by atoms with E-state index in [2.05, 4.69) is 5.16 Å². The number of aromatic nitrogens is 1. The van der Waals surface area contributed by atoms with Gasteiger partial charge in [0.15, 0.2) is 0 Å². The zero-order chi connectivity index (χ0) is 21.6. The summed E-state index contributed by atoms with van der Waals surface area (Å²) >= 11 is 0. The van der Waals surface area contributed by atoms with E-state index in [-0.39, 0.29) is 30.5 Å². The van der Waals surface area contributed by atoms with Gasteiger partial charge >= 0.3 is 0 Å². The maximum Gasteiger partial charge on any atom is 0.231 e. The van der Waals surface area contributed by atoms with Gasteiger partial charge in [-0.2, -0.15) is 0 Å². The number of carbonyl (C=O) groups is 2. The van der Waals surface area contributed by atoms with Crippen molar-refractivity contribution in [1.82, 2.24) is 19.3 Å². The molecular formula is C19H30N4O5S. The van der Waals surface area contributed by atoms with Crippen LogP contribution in [-0.2, 0) is 26.0 Å². The van der Waals surface area contributed by atoms with Crippen molar-refractivity contribution in [2.45, 2.75) is 45.6 Å². The molecule has 0 N–H and O–H groups in total. The van der Waals surface area contributed by atoms with Crippen LogP contribution in [0.3, 0.4) is 0 Å². The van der Waals surface area contributed by atoms with E-state index in [9.17, 15) is 18.0 Å². The van der Waals surface area contributed by atoms with Gasteiger partial charge in [-0.05, 0) is 33.1 Å². The van der Waals surface area contributed by atoms with Crippen molar-refractivity contribution in [2.24, 2.45) is 5.41 Å². The van der Waals surface area contributed by atoms with Crippen LogP contribution >= 0.6 is 0 Å². The lowest BCUT2D eigenvalue weighted by Crippen LogP contribution is -2.67. The number of nitrogens with zero attached hydrogens (tertiary/aromatic N) is 4. The summed E-state index contributed by atoms with van der Waals surface area (Å²) < 4.78 is 31.3. The summed E-state index contributed by atoms with van der Waals surface area (Å²) in [6, 6.07) is -0.428. The summed E-state index contributed by atoms with van der Waals surface area (Å²) in [5.41, 5.74) is 0.823. The SMILES string of the molecule is Cc1noc(C)c1CCC(=O)N1CC[C@H]2N(C)S(=O)(=O)CC[C@]2(C(=O)N(C)C)C1. The van der Waals surface area contributed by atoms with Crippen molar-refractivity contribution in [3.05, 3.63) is 17.0 Å². The number of hydrogen-bond acceptors (Lipinski definition) is 6. The first-order valence-electron chi connectivity index (χ1n) is 9.86.